The summed E-state index contributed by atoms with van der Waals surface area (Å²) >= 11 is 0.976. The second-order valence-corrected chi connectivity index (χ2v) is 5.13. The van der Waals surface area contributed by atoms with Gasteiger partial charge in [0.15, 0.2) is 0 Å². The van der Waals surface area contributed by atoms with Crippen molar-refractivity contribution in [3.8, 4) is 0 Å². The maximum absolute atomic E-state index is 12.0. The van der Waals surface area contributed by atoms with Crippen molar-refractivity contribution in [2.75, 3.05) is 6.54 Å². The molecule has 18 heavy (non-hydrogen) atoms. The Labute approximate surface area is 110 Å². The molecule has 2 amide bonds. The van der Waals surface area contributed by atoms with E-state index in [-0.39, 0.29) is 17.7 Å². The van der Waals surface area contributed by atoms with Gasteiger partial charge >= 0.3 is 0 Å². The summed E-state index contributed by atoms with van der Waals surface area (Å²) in [4.78, 5) is 25.4. The summed E-state index contributed by atoms with van der Waals surface area (Å²) in [6.07, 6.45) is 1.74. The fraction of sp³-hybridized carbons (Fsp3) is 0.143. The van der Waals surface area contributed by atoms with Gasteiger partial charge in [0.1, 0.15) is 0 Å². The van der Waals surface area contributed by atoms with Crippen LogP contribution in [0.15, 0.2) is 47.4 Å². The van der Waals surface area contributed by atoms with Crippen molar-refractivity contribution in [3.05, 3.63) is 53.0 Å². The van der Waals surface area contributed by atoms with Crippen LogP contribution in [0.3, 0.4) is 0 Å². The third-order valence-electron chi connectivity index (χ3n) is 2.40. The van der Waals surface area contributed by atoms with Crippen molar-refractivity contribution in [1.29, 1.82) is 0 Å². The number of carbonyl (C=O) groups excluding carboxylic acids is 2. The molecule has 1 aliphatic heterocycles. The lowest BCUT2D eigenvalue weighted by Crippen LogP contribution is -2.29. The lowest BCUT2D eigenvalue weighted by molar-refractivity contribution is -0.122. The van der Waals surface area contributed by atoms with E-state index in [0.29, 0.717) is 4.91 Å². The van der Waals surface area contributed by atoms with Crippen LogP contribution < -0.4 is 0 Å². The summed E-state index contributed by atoms with van der Waals surface area (Å²) in [7, 11) is 0. The zero-order valence-electron chi connectivity index (χ0n) is 10.1. The summed E-state index contributed by atoms with van der Waals surface area (Å²) in [5, 5.41) is -0.231. The molecule has 4 heteroatoms. The third-order valence-corrected chi connectivity index (χ3v) is 3.31. The van der Waals surface area contributed by atoms with Crippen molar-refractivity contribution < 1.29 is 9.59 Å². The van der Waals surface area contributed by atoms with E-state index in [1.54, 1.807) is 13.0 Å². The van der Waals surface area contributed by atoms with Crippen LogP contribution in [0.4, 0.5) is 4.79 Å². The van der Waals surface area contributed by atoms with E-state index in [0.717, 1.165) is 22.9 Å². The molecule has 0 aromatic heterocycles. The maximum Gasteiger partial charge on any atom is 0.293 e. The van der Waals surface area contributed by atoms with E-state index in [2.05, 4.69) is 6.58 Å². The number of nitrogens with zero attached hydrogens (tertiary/aromatic N) is 1. The van der Waals surface area contributed by atoms with Crippen molar-refractivity contribution in [2.24, 2.45) is 0 Å². The molecule has 0 N–H and O–H groups in total. The Bertz CT molecular complexity index is 534. The summed E-state index contributed by atoms with van der Waals surface area (Å²) in [5.41, 5.74) is 1.71. The second-order valence-electron chi connectivity index (χ2n) is 4.14. The first-order valence-corrected chi connectivity index (χ1v) is 6.34. The first-order valence-electron chi connectivity index (χ1n) is 5.53. The molecule has 1 saturated heterocycles. The van der Waals surface area contributed by atoms with Gasteiger partial charge in [-0.15, -0.1) is 0 Å². The molecule has 0 atom stereocenters. The van der Waals surface area contributed by atoms with E-state index in [4.69, 9.17) is 0 Å². The summed E-state index contributed by atoms with van der Waals surface area (Å²) in [5.74, 6) is -0.239. The molecule has 1 fully saturated rings. The quantitative estimate of drug-likeness (QED) is 0.617. The molecule has 1 aromatic carbocycles. The molecule has 1 aromatic rings. The standard InChI is InChI=1S/C14H13NO2S/c1-10(2)9-15-13(16)12(18-14(15)17)8-11-6-4-3-5-7-11/h3-8H,1,9H2,2H3. The minimum absolute atomic E-state index is 0.231. The molecule has 0 unspecified atom stereocenters. The molecule has 0 radical (unpaired) electrons. The molecule has 0 saturated carbocycles. The minimum atomic E-state index is -0.239. The zero-order chi connectivity index (χ0) is 13.1. The van der Waals surface area contributed by atoms with Crippen LogP contribution in [0.25, 0.3) is 6.08 Å². The fourth-order valence-corrected chi connectivity index (χ4v) is 2.45. The van der Waals surface area contributed by atoms with Gasteiger partial charge < -0.3 is 0 Å². The van der Waals surface area contributed by atoms with E-state index in [1.165, 1.54) is 4.90 Å². The van der Waals surface area contributed by atoms with Crippen LogP contribution in [0, 0.1) is 0 Å². The van der Waals surface area contributed by atoms with Crippen LogP contribution in [0.5, 0.6) is 0 Å². The van der Waals surface area contributed by atoms with E-state index >= 15 is 0 Å². The number of amides is 2. The predicted octanol–water partition coefficient (Wildman–Crippen LogP) is 3.30. The molecule has 1 heterocycles. The van der Waals surface area contributed by atoms with Crippen LogP contribution in [-0.4, -0.2) is 22.6 Å². The van der Waals surface area contributed by atoms with Crippen LogP contribution in [-0.2, 0) is 4.79 Å². The van der Waals surface area contributed by atoms with Gasteiger partial charge in [0.2, 0.25) is 0 Å². The molecule has 0 aliphatic carbocycles. The van der Waals surface area contributed by atoms with Crippen molar-refractivity contribution in [1.82, 2.24) is 4.90 Å². The molecule has 3 nitrogen and oxygen atoms in total. The largest absolute Gasteiger partial charge is 0.293 e. The Hall–Kier alpha value is -1.81. The number of hydrogen-bond donors (Lipinski definition) is 0. The van der Waals surface area contributed by atoms with Crippen LogP contribution >= 0.6 is 11.8 Å². The highest BCUT2D eigenvalue weighted by Crippen LogP contribution is 2.32. The Morgan fingerprint density at radius 3 is 2.61 bits per heavy atom. The van der Waals surface area contributed by atoms with E-state index in [1.807, 2.05) is 30.3 Å². The smallest absolute Gasteiger partial charge is 0.268 e. The van der Waals surface area contributed by atoms with Gasteiger partial charge in [-0.25, -0.2) is 0 Å². The lowest BCUT2D eigenvalue weighted by atomic mass is 10.2. The summed E-state index contributed by atoms with van der Waals surface area (Å²) in [6, 6.07) is 9.48. The van der Waals surface area contributed by atoms with Gasteiger partial charge in [0.05, 0.1) is 11.4 Å². The fourth-order valence-electron chi connectivity index (χ4n) is 1.61. The topological polar surface area (TPSA) is 37.4 Å². The van der Waals surface area contributed by atoms with Gasteiger partial charge in [0, 0.05) is 0 Å². The Balaban J connectivity index is 2.23. The molecule has 1 aliphatic rings. The lowest BCUT2D eigenvalue weighted by Gasteiger charge is -2.11. The number of imide groups is 1. The number of thioether (sulfide) groups is 1. The summed E-state index contributed by atoms with van der Waals surface area (Å²) in [6.45, 7) is 5.81. The maximum atomic E-state index is 12.0. The molecule has 92 valence electrons. The van der Waals surface area contributed by atoms with Crippen LogP contribution in [0.2, 0.25) is 0 Å². The minimum Gasteiger partial charge on any atom is -0.268 e. The molecule has 0 bridgehead atoms. The van der Waals surface area contributed by atoms with Gasteiger partial charge in [-0.05, 0) is 30.3 Å². The van der Waals surface area contributed by atoms with Crippen molar-refractivity contribution in [3.63, 3.8) is 0 Å². The number of hydrogen-bond acceptors (Lipinski definition) is 3. The van der Waals surface area contributed by atoms with Gasteiger partial charge in [-0.2, -0.15) is 0 Å². The molecule has 2 rings (SSSR count). The normalized spacial score (nSPS) is 17.6. The SMILES string of the molecule is C=C(C)CN1C(=O)SC(=Cc2ccccc2)C1=O. The Kier molecular flexibility index (Phi) is 3.67. The molecular weight excluding hydrogens is 246 g/mol. The Morgan fingerprint density at radius 2 is 2.00 bits per heavy atom. The average Bonchev–Trinajstić information content (AvgIpc) is 2.58. The molecule has 0 spiro atoms. The van der Waals surface area contributed by atoms with Crippen LogP contribution in [0.1, 0.15) is 12.5 Å². The number of carbonyl (C=O) groups is 2. The van der Waals surface area contributed by atoms with Crippen molar-refractivity contribution in [2.45, 2.75) is 6.92 Å². The van der Waals surface area contributed by atoms with Gasteiger partial charge in [0.25, 0.3) is 11.1 Å². The highest BCUT2D eigenvalue weighted by atomic mass is 32.2. The zero-order valence-corrected chi connectivity index (χ0v) is 10.9. The predicted molar refractivity (Wildman–Crippen MR) is 73.9 cm³/mol. The monoisotopic (exact) mass is 259 g/mol. The Morgan fingerprint density at radius 1 is 1.33 bits per heavy atom. The highest BCUT2D eigenvalue weighted by molar-refractivity contribution is 8.18. The third kappa shape index (κ3) is 2.71. The van der Waals surface area contributed by atoms with Crippen molar-refractivity contribution >= 4 is 29.0 Å². The highest BCUT2D eigenvalue weighted by Gasteiger charge is 2.34. The van der Waals surface area contributed by atoms with Gasteiger partial charge in [-0.3, -0.25) is 14.5 Å². The first kappa shape index (κ1) is 12.6. The average molecular weight is 259 g/mol. The van der Waals surface area contributed by atoms with Gasteiger partial charge in [-0.1, -0.05) is 42.5 Å². The van der Waals surface area contributed by atoms with E-state index < -0.39 is 0 Å². The summed E-state index contributed by atoms with van der Waals surface area (Å²) < 4.78 is 0. The molecular formula is C14H13NO2S. The second kappa shape index (κ2) is 5.23. The van der Waals surface area contributed by atoms with E-state index in [9.17, 15) is 9.59 Å². The number of benzene rings is 1. The first-order chi connectivity index (χ1) is 8.58. The number of rotatable bonds is 3.